The first-order valence-corrected chi connectivity index (χ1v) is 9.46. The highest BCUT2D eigenvalue weighted by Gasteiger charge is 2.11. The first-order chi connectivity index (χ1) is 13.5. The van der Waals surface area contributed by atoms with E-state index < -0.39 is 11.0 Å². The molecule has 140 valence electrons. The molecule has 0 saturated heterocycles. The molecular weight excluding hydrogens is 376 g/mol. The number of hydrogen-bond donors (Lipinski definition) is 2. The number of nitrogens with two attached hydrogens (primary N) is 2. The van der Waals surface area contributed by atoms with Gasteiger partial charge in [0.1, 0.15) is 16.8 Å². The number of methoxy groups -OCH3 is 1. The van der Waals surface area contributed by atoms with Crippen molar-refractivity contribution in [2.75, 3.05) is 12.8 Å². The lowest BCUT2D eigenvalue weighted by atomic mass is 10.1. The van der Waals surface area contributed by atoms with Gasteiger partial charge in [-0.05, 0) is 29.8 Å². The van der Waals surface area contributed by atoms with E-state index in [9.17, 15) is 4.21 Å². The molecule has 8 nitrogen and oxygen atoms in total. The van der Waals surface area contributed by atoms with Gasteiger partial charge in [-0.2, -0.15) is 0 Å². The minimum Gasteiger partial charge on any atom is -0.481 e. The van der Waals surface area contributed by atoms with Crippen molar-refractivity contribution in [3.63, 3.8) is 0 Å². The van der Waals surface area contributed by atoms with E-state index in [0.29, 0.717) is 22.7 Å². The number of benzene rings is 1. The number of fused-ring (bicyclic) bond motifs is 1. The second kappa shape index (κ2) is 7.29. The van der Waals surface area contributed by atoms with Crippen LogP contribution in [0.25, 0.3) is 33.4 Å². The molecule has 3 heterocycles. The molecule has 0 radical (unpaired) electrons. The number of nitrogen functional groups attached to an aromatic ring is 1. The van der Waals surface area contributed by atoms with Crippen LogP contribution in [0.5, 0.6) is 5.88 Å². The predicted octanol–water partition coefficient (Wildman–Crippen LogP) is 2.33. The third-order valence-electron chi connectivity index (χ3n) is 4.22. The molecular formula is C19H16N6O2S. The van der Waals surface area contributed by atoms with Crippen LogP contribution in [0.3, 0.4) is 0 Å². The molecule has 3 aromatic heterocycles. The van der Waals surface area contributed by atoms with Crippen molar-refractivity contribution in [3.05, 3.63) is 55.0 Å². The Bertz CT molecular complexity index is 1200. The van der Waals surface area contributed by atoms with E-state index >= 15 is 0 Å². The molecule has 1 aromatic carbocycles. The highest BCUT2D eigenvalue weighted by Crippen LogP contribution is 2.26. The molecule has 9 heteroatoms. The minimum atomic E-state index is -1.74. The van der Waals surface area contributed by atoms with E-state index in [4.69, 9.17) is 15.6 Å². The molecule has 0 spiro atoms. The number of hydrogen-bond acceptors (Lipinski definition) is 7. The van der Waals surface area contributed by atoms with Crippen molar-refractivity contribution in [3.8, 4) is 28.3 Å². The van der Waals surface area contributed by atoms with Gasteiger partial charge in [0, 0.05) is 29.6 Å². The lowest BCUT2D eigenvalue weighted by Gasteiger charge is -2.07. The third kappa shape index (κ3) is 3.40. The summed E-state index contributed by atoms with van der Waals surface area (Å²) in [6, 6.07) is 11.1. The summed E-state index contributed by atoms with van der Waals surface area (Å²) in [7, 11) is -0.160. The van der Waals surface area contributed by atoms with E-state index in [1.54, 1.807) is 37.8 Å². The van der Waals surface area contributed by atoms with Crippen LogP contribution < -0.4 is 15.6 Å². The molecule has 28 heavy (non-hydrogen) atoms. The standard InChI is InChI=1S/C19H16N6O2S/c1-27-18-5-3-12(8-23-18)11-2-4-14-15(6-11)25-16(10-22-14)13-7-17(28(21)26)19(20)24-9-13/h2-10H,21H2,1H3,(H2,20,24). The van der Waals surface area contributed by atoms with Gasteiger partial charge < -0.3 is 10.5 Å². The van der Waals surface area contributed by atoms with E-state index in [2.05, 4.69) is 19.9 Å². The quantitative estimate of drug-likeness (QED) is 0.545. The molecule has 0 saturated carbocycles. The van der Waals surface area contributed by atoms with Crippen LogP contribution in [-0.2, 0) is 11.0 Å². The molecule has 0 aliphatic rings. The van der Waals surface area contributed by atoms with Crippen molar-refractivity contribution in [1.29, 1.82) is 0 Å². The van der Waals surface area contributed by atoms with Gasteiger partial charge in [-0.15, -0.1) is 0 Å². The Morgan fingerprint density at radius 3 is 2.39 bits per heavy atom. The summed E-state index contributed by atoms with van der Waals surface area (Å²) >= 11 is 0. The zero-order valence-corrected chi connectivity index (χ0v) is 15.7. The van der Waals surface area contributed by atoms with Gasteiger partial charge in [-0.25, -0.2) is 24.3 Å². The summed E-state index contributed by atoms with van der Waals surface area (Å²) in [4.78, 5) is 17.7. The van der Waals surface area contributed by atoms with Gasteiger partial charge in [-0.1, -0.05) is 6.07 Å². The molecule has 0 fully saturated rings. The normalized spacial score (nSPS) is 12.1. The summed E-state index contributed by atoms with van der Waals surface area (Å²) in [6.45, 7) is 0. The Hall–Kier alpha value is -3.43. The second-order valence-electron chi connectivity index (χ2n) is 5.95. The minimum absolute atomic E-state index is 0.132. The number of anilines is 1. The Balaban J connectivity index is 1.77. The zero-order valence-electron chi connectivity index (χ0n) is 14.9. The maximum Gasteiger partial charge on any atom is 0.212 e. The van der Waals surface area contributed by atoms with E-state index in [-0.39, 0.29) is 10.7 Å². The van der Waals surface area contributed by atoms with Crippen molar-refractivity contribution in [2.45, 2.75) is 4.90 Å². The largest absolute Gasteiger partial charge is 0.481 e. The predicted molar refractivity (Wildman–Crippen MR) is 108 cm³/mol. The average molecular weight is 392 g/mol. The molecule has 1 unspecified atom stereocenters. The lowest BCUT2D eigenvalue weighted by Crippen LogP contribution is -2.07. The Morgan fingerprint density at radius 1 is 0.893 bits per heavy atom. The van der Waals surface area contributed by atoms with Gasteiger partial charge in [0.15, 0.2) is 0 Å². The number of rotatable bonds is 4. The molecule has 4 N–H and O–H groups in total. The fourth-order valence-electron chi connectivity index (χ4n) is 2.76. The maximum atomic E-state index is 11.6. The summed E-state index contributed by atoms with van der Waals surface area (Å²) < 4.78 is 16.7. The van der Waals surface area contributed by atoms with Crippen LogP contribution in [0.1, 0.15) is 0 Å². The molecule has 0 aliphatic heterocycles. The van der Waals surface area contributed by atoms with E-state index in [0.717, 1.165) is 16.6 Å². The zero-order chi connectivity index (χ0) is 19.7. The van der Waals surface area contributed by atoms with Crippen molar-refractivity contribution in [1.82, 2.24) is 19.9 Å². The van der Waals surface area contributed by atoms with Crippen LogP contribution in [0.4, 0.5) is 5.82 Å². The van der Waals surface area contributed by atoms with Crippen molar-refractivity contribution >= 4 is 27.8 Å². The average Bonchev–Trinajstić information content (AvgIpc) is 2.73. The van der Waals surface area contributed by atoms with Gasteiger partial charge in [0.2, 0.25) is 5.88 Å². The topological polar surface area (TPSA) is 130 Å². The van der Waals surface area contributed by atoms with E-state index in [1.807, 2.05) is 24.3 Å². The molecule has 0 aliphatic carbocycles. The lowest BCUT2D eigenvalue weighted by molar-refractivity contribution is 0.398. The highest BCUT2D eigenvalue weighted by molar-refractivity contribution is 7.82. The Morgan fingerprint density at radius 2 is 1.68 bits per heavy atom. The molecule has 1 atom stereocenters. The van der Waals surface area contributed by atoms with Crippen molar-refractivity contribution < 1.29 is 8.95 Å². The summed E-state index contributed by atoms with van der Waals surface area (Å²) in [5.41, 5.74) is 10.3. The van der Waals surface area contributed by atoms with Gasteiger partial charge >= 0.3 is 0 Å². The van der Waals surface area contributed by atoms with Gasteiger partial charge in [0.25, 0.3) is 0 Å². The third-order valence-corrected chi connectivity index (χ3v) is 4.98. The Kier molecular flexibility index (Phi) is 4.68. The molecule has 0 amide bonds. The van der Waals surface area contributed by atoms with Gasteiger partial charge in [0.05, 0.1) is 34.9 Å². The summed E-state index contributed by atoms with van der Waals surface area (Å²) in [5, 5.41) is 5.46. The monoisotopic (exact) mass is 392 g/mol. The number of pyridine rings is 2. The van der Waals surface area contributed by atoms with Crippen LogP contribution in [0, 0.1) is 0 Å². The maximum absolute atomic E-state index is 11.6. The molecule has 4 rings (SSSR count). The van der Waals surface area contributed by atoms with Crippen LogP contribution in [-0.4, -0.2) is 31.3 Å². The molecule has 0 bridgehead atoms. The second-order valence-corrected chi connectivity index (χ2v) is 6.99. The summed E-state index contributed by atoms with van der Waals surface area (Å²) in [5.74, 6) is 0.684. The smallest absolute Gasteiger partial charge is 0.212 e. The Labute approximate surface area is 163 Å². The van der Waals surface area contributed by atoms with E-state index in [1.165, 1.54) is 0 Å². The molecule has 4 aromatic rings. The SMILES string of the molecule is COc1ccc(-c2ccc3ncc(-c4cnc(N)c(S(N)=O)c4)nc3c2)cn1. The number of ether oxygens (including phenoxy) is 1. The number of aromatic nitrogens is 4. The van der Waals surface area contributed by atoms with Crippen molar-refractivity contribution in [2.24, 2.45) is 5.14 Å². The van der Waals surface area contributed by atoms with Crippen LogP contribution in [0.2, 0.25) is 0 Å². The van der Waals surface area contributed by atoms with Crippen LogP contribution >= 0.6 is 0 Å². The fourth-order valence-corrected chi connectivity index (χ4v) is 3.26. The highest BCUT2D eigenvalue weighted by atomic mass is 32.2. The first kappa shape index (κ1) is 18.0. The summed E-state index contributed by atoms with van der Waals surface area (Å²) in [6.07, 6.45) is 4.93. The van der Waals surface area contributed by atoms with Gasteiger partial charge in [-0.3, -0.25) is 4.98 Å². The number of nitrogens with zero attached hydrogens (tertiary/aromatic N) is 4. The van der Waals surface area contributed by atoms with Crippen LogP contribution in [0.15, 0.2) is 59.9 Å². The first-order valence-electron chi connectivity index (χ1n) is 8.24. The fraction of sp³-hybridized carbons (Fsp3) is 0.0526.